The Hall–Kier alpha value is -0.610. The summed E-state index contributed by atoms with van der Waals surface area (Å²) in [7, 11) is 0. The summed E-state index contributed by atoms with van der Waals surface area (Å²) >= 11 is 1.91. The zero-order valence-corrected chi connectivity index (χ0v) is 15.1. The third kappa shape index (κ3) is 3.98. The van der Waals surface area contributed by atoms with Crippen LogP contribution in [0.5, 0.6) is 0 Å². The number of hydrogen-bond donors (Lipinski definition) is 1. The number of thiazole rings is 1. The molecule has 1 aromatic rings. The SMILES string of the molecule is CCCNCc1sc(N2CCCC2CC)nc1C(C)(C)C. The van der Waals surface area contributed by atoms with Crippen molar-refractivity contribution in [3.05, 3.63) is 10.6 Å². The van der Waals surface area contributed by atoms with E-state index in [9.17, 15) is 0 Å². The Bertz CT molecular complexity index is 447. The predicted octanol–water partition coefficient (Wildman–Crippen LogP) is 4.32. The Morgan fingerprint density at radius 3 is 2.71 bits per heavy atom. The molecule has 1 saturated heterocycles. The largest absolute Gasteiger partial charge is 0.345 e. The van der Waals surface area contributed by atoms with E-state index in [1.807, 2.05) is 11.3 Å². The molecule has 0 saturated carbocycles. The van der Waals surface area contributed by atoms with Crippen LogP contribution in [0.1, 0.15) is 70.9 Å². The van der Waals surface area contributed by atoms with Gasteiger partial charge in [0, 0.05) is 29.4 Å². The third-order valence-corrected chi connectivity index (χ3v) is 5.30. The third-order valence-electron chi connectivity index (χ3n) is 4.20. The van der Waals surface area contributed by atoms with Gasteiger partial charge in [0.2, 0.25) is 0 Å². The van der Waals surface area contributed by atoms with Gasteiger partial charge in [0.05, 0.1) is 5.69 Å². The van der Waals surface area contributed by atoms with Gasteiger partial charge < -0.3 is 10.2 Å². The van der Waals surface area contributed by atoms with Crippen molar-refractivity contribution in [1.29, 1.82) is 0 Å². The van der Waals surface area contributed by atoms with Crippen molar-refractivity contribution in [2.45, 2.75) is 78.3 Å². The first kappa shape index (κ1) is 16.8. The van der Waals surface area contributed by atoms with Gasteiger partial charge in [-0.3, -0.25) is 0 Å². The summed E-state index contributed by atoms with van der Waals surface area (Å²) in [6, 6.07) is 0.695. The summed E-state index contributed by atoms with van der Waals surface area (Å²) in [5.41, 5.74) is 1.41. The minimum absolute atomic E-state index is 0.124. The van der Waals surface area contributed by atoms with Crippen LogP contribution < -0.4 is 10.2 Å². The summed E-state index contributed by atoms with van der Waals surface area (Å²) in [6.45, 7) is 14.6. The molecule has 0 aromatic carbocycles. The summed E-state index contributed by atoms with van der Waals surface area (Å²) in [5.74, 6) is 0. The van der Waals surface area contributed by atoms with Gasteiger partial charge in [-0.1, -0.05) is 34.6 Å². The minimum Gasteiger partial charge on any atom is -0.345 e. The van der Waals surface area contributed by atoms with Crippen LogP contribution in [-0.2, 0) is 12.0 Å². The van der Waals surface area contributed by atoms with Crippen LogP contribution in [0.15, 0.2) is 0 Å². The van der Waals surface area contributed by atoms with Crippen LogP contribution in [0.3, 0.4) is 0 Å². The molecule has 2 rings (SSSR count). The lowest BCUT2D eigenvalue weighted by Gasteiger charge is -2.23. The quantitative estimate of drug-likeness (QED) is 0.793. The normalized spacial score (nSPS) is 19.5. The van der Waals surface area contributed by atoms with E-state index in [4.69, 9.17) is 4.98 Å². The molecule has 0 radical (unpaired) electrons. The van der Waals surface area contributed by atoms with Crippen molar-refractivity contribution in [1.82, 2.24) is 10.3 Å². The van der Waals surface area contributed by atoms with E-state index in [0.717, 1.165) is 13.1 Å². The van der Waals surface area contributed by atoms with Gasteiger partial charge >= 0.3 is 0 Å². The molecule has 1 atom stereocenters. The highest BCUT2D eigenvalue weighted by Gasteiger charge is 2.29. The van der Waals surface area contributed by atoms with Crippen LogP contribution in [0.25, 0.3) is 0 Å². The number of rotatable bonds is 6. The summed E-state index contributed by atoms with van der Waals surface area (Å²) in [6.07, 6.45) is 5.05. The maximum atomic E-state index is 5.04. The molecule has 1 N–H and O–H groups in total. The maximum absolute atomic E-state index is 5.04. The van der Waals surface area contributed by atoms with Crippen LogP contribution >= 0.6 is 11.3 Å². The lowest BCUT2D eigenvalue weighted by molar-refractivity contribution is 0.557. The standard InChI is InChI=1S/C17H31N3S/c1-6-10-18-12-14-15(17(3,4)5)19-16(21-14)20-11-8-9-13(20)7-2/h13,18H,6-12H2,1-5H3. The van der Waals surface area contributed by atoms with Crippen molar-refractivity contribution in [3.63, 3.8) is 0 Å². The van der Waals surface area contributed by atoms with Crippen molar-refractivity contribution in [2.75, 3.05) is 18.0 Å². The second kappa shape index (κ2) is 7.10. The zero-order chi connectivity index (χ0) is 15.5. The van der Waals surface area contributed by atoms with Crippen molar-refractivity contribution < 1.29 is 0 Å². The molecular weight excluding hydrogens is 278 g/mol. The fourth-order valence-electron chi connectivity index (χ4n) is 3.06. The van der Waals surface area contributed by atoms with Crippen molar-refractivity contribution in [2.24, 2.45) is 0 Å². The monoisotopic (exact) mass is 309 g/mol. The Morgan fingerprint density at radius 2 is 2.10 bits per heavy atom. The molecule has 1 aromatic heterocycles. The van der Waals surface area contributed by atoms with Crippen LogP contribution in [-0.4, -0.2) is 24.1 Å². The Kier molecular flexibility index (Phi) is 5.67. The molecule has 1 fully saturated rings. The van der Waals surface area contributed by atoms with E-state index in [1.165, 1.54) is 47.9 Å². The van der Waals surface area contributed by atoms with Gasteiger partial charge in [-0.2, -0.15) is 0 Å². The summed E-state index contributed by atoms with van der Waals surface area (Å²) < 4.78 is 0. The Morgan fingerprint density at radius 1 is 1.33 bits per heavy atom. The highest BCUT2D eigenvalue weighted by Crippen LogP contribution is 2.37. The molecule has 0 spiro atoms. The maximum Gasteiger partial charge on any atom is 0.186 e. The van der Waals surface area contributed by atoms with Gasteiger partial charge in [-0.25, -0.2) is 4.98 Å². The fourth-order valence-corrected chi connectivity index (χ4v) is 4.40. The first-order chi connectivity index (χ1) is 9.97. The van der Waals surface area contributed by atoms with E-state index >= 15 is 0 Å². The highest BCUT2D eigenvalue weighted by molar-refractivity contribution is 7.15. The second-order valence-electron chi connectivity index (χ2n) is 7.09. The number of anilines is 1. The molecule has 21 heavy (non-hydrogen) atoms. The lowest BCUT2D eigenvalue weighted by atomic mass is 9.91. The molecular formula is C17H31N3S. The topological polar surface area (TPSA) is 28.2 Å². The zero-order valence-electron chi connectivity index (χ0n) is 14.3. The molecule has 3 nitrogen and oxygen atoms in total. The van der Waals surface area contributed by atoms with E-state index in [0.29, 0.717) is 6.04 Å². The Balaban J connectivity index is 2.23. The highest BCUT2D eigenvalue weighted by atomic mass is 32.1. The summed E-state index contributed by atoms with van der Waals surface area (Å²) in [5, 5.41) is 4.79. The van der Waals surface area contributed by atoms with Crippen LogP contribution in [0.2, 0.25) is 0 Å². The summed E-state index contributed by atoms with van der Waals surface area (Å²) in [4.78, 5) is 9.01. The average Bonchev–Trinajstić information content (AvgIpc) is 3.03. The smallest absolute Gasteiger partial charge is 0.186 e. The minimum atomic E-state index is 0.124. The van der Waals surface area contributed by atoms with E-state index in [2.05, 4.69) is 44.8 Å². The van der Waals surface area contributed by atoms with Crippen molar-refractivity contribution in [3.8, 4) is 0 Å². The van der Waals surface area contributed by atoms with Gasteiger partial charge in [0.25, 0.3) is 0 Å². The average molecular weight is 310 g/mol. The molecule has 0 bridgehead atoms. The van der Waals surface area contributed by atoms with E-state index < -0.39 is 0 Å². The molecule has 0 amide bonds. The molecule has 120 valence electrons. The predicted molar refractivity (Wildman–Crippen MR) is 93.5 cm³/mol. The molecule has 1 aliphatic heterocycles. The number of nitrogens with zero attached hydrogens (tertiary/aromatic N) is 2. The molecule has 1 aliphatic rings. The molecule has 1 unspecified atom stereocenters. The van der Waals surface area contributed by atoms with Crippen LogP contribution in [0.4, 0.5) is 5.13 Å². The van der Waals surface area contributed by atoms with E-state index in [1.54, 1.807) is 0 Å². The number of nitrogens with one attached hydrogen (secondary N) is 1. The molecule has 0 aliphatic carbocycles. The first-order valence-corrected chi connectivity index (χ1v) is 9.26. The van der Waals surface area contributed by atoms with Crippen molar-refractivity contribution >= 4 is 16.5 Å². The first-order valence-electron chi connectivity index (χ1n) is 8.44. The van der Waals surface area contributed by atoms with Gasteiger partial charge in [-0.15, -0.1) is 11.3 Å². The van der Waals surface area contributed by atoms with Crippen LogP contribution in [0, 0.1) is 0 Å². The number of hydrogen-bond acceptors (Lipinski definition) is 4. The van der Waals surface area contributed by atoms with E-state index in [-0.39, 0.29) is 5.41 Å². The van der Waals surface area contributed by atoms with Gasteiger partial charge in [0.1, 0.15) is 0 Å². The fraction of sp³-hybridized carbons (Fsp3) is 0.824. The van der Waals surface area contributed by atoms with Gasteiger partial charge in [0.15, 0.2) is 5.13 Å². The Labute approximate surface area is 134 Å². The number of aromatic nitrogens is 1. The van der Waals surface area contributed by atoms with Gasteiger partial charge in [-0.05, 0) is 32.2 Å². The lowest BCUT2D eigenvalue weighted by Crippen LogP contribution is -2.28. The second-order valence-corrected chi connectivity index (χ2v) is 8.15. The molecule has 2 heterocycles. The molecule has 4 heteroatoms.